The van der Waals surface area contributed by atoms with Crippen molar-refractivity contribution in [2.45, 2.75) is 26.1 Å². The number of benzene rings is 1. The summed E-state index contributed by atoms with van der Waals surface area (Å²) in [5.41, 5.74) is 6.10. The molecule has 0 unspecified atom stereocenters. The first-order valence-corrected chi connectivity index (χ1v) is 5.99. The second-order valence-electron chi connectivity index (χ2n) is 3.52. The third-order valence-corrected chi connectivity index (χ3v) is 2.54. The van der Waals surface area contributed by atoms with Crippen molar-refractivity contribution in [2.24, 2.45) is 10.7 Å². The minimum atomic E-state index is -4.71. The zero-order chi connectivity index (χ0) is 13.8. The Balaban J connectivity index is 2.89. The Kier molecular flexibility index (Phi) is 5.01. The number of nitrogens with two attached hydrogens (primary N) is 1. The van der Waals surface area contributed by atoms with E-state index in [0.29, 0.717) is 17.9 Å². The Morgan fingerprint density at radius 3 is 2.61 bits per heavy atom. The molecule has 2 N–H and O–H groups in total. The van der Waals surface area contributed by atoms with E-state index in [-0.39, 0.29) is 10.2 Å². The molecule has 1 rings (SSSR count). The summed E-state index contributed by atoms with van der Waals surface area (Å²) in [7, 11) is 0. The number of ether oxygens (including phenoxy) is 1. The number of hydrogen-bond donors (Lipinski definition) is 1. The van der Waals surface area contributed by atoms with E-state index in [0.717, 1.165) is 6.42 Å². The van der Waals surface area contributed by atoms with Crippen molar-refractivity contribution in [3.8, 4) is 5.75 Å². The van der Waals surface area contributed by atoms with Gasteiger partial charge in [-0.3, -0.25) is 0 Å². The van der Waals surface area contributed by atoms with Gasteiger partial charge < -0.3 is 10.5 Å². The Morgan fingerprint density at radius 2 is 2.11 bits per heavy atom. The molecule has 0 fully saturated rings. The molecule has 3 nitrogen and oxygen atoms in total. The average Bonchev–Trinajstić information content (AvgIpc) is 2.21. The van der Waals surface area contributed by atoms with Gasteiger partial charge in [0.2, 0.25) is 0 Å². The number of nitrogens with zero attached hydrogens (tertiary/aromatic N) is 1. The van der Waals surface area contributed by atoms with Gasteiger partial charge in [-0.1, -0.05) is 6.92 Å². The van der Waals surface area contributed by atoms with E-state index in [1.165, 1.54) is 18.2 Å². The van der Waals surface area contributed by atoms with Crippen LogP contribution in [0.2, 0.25) is 0 Å². The Hall–Kier alpha value is -1.24. The van der Waals surface area contributed by atoms with E-state index >= 15 is 0 Å². The molecule has 0 atom stereocenters. The minimum Gasteiger partial charge on any atom is -0.405 e. The molecule has 0 aliphatic heterocycles. The lowest BCUT2D eigenvalue weighted by molar-refractivity contribution is -0.274. The molecule has 1 aromatic rings. The summed E-state index contributed by atoms with van der Waals surface area (Å²) >= 11 is 2.99. The highest BCUT2D eigenvalue weighted by Crippen LogP contribution is 2.33. The fourth-order valence-corrected chi connectivity index (χ4v) is 1.69. The second-order valence-corrected chi connectivity index (χ2v) is 4.37. The van der Waals surface area contributed by atoms with Crippen LogP contribution >= 0.6 is 15.9 Å². The maximum absolute atomic E-state index is 12.0. The highest BCUT2D eigenvalue weighted by atomic mass is 79.9. The maximum Gasteiger partial charge on any atom is 0.573 e. The second kappa shape index (κ2) is 6.08. The quantitative estimate of drug-likeness (QED) is 0.668. The molecule has 0 heterocycles. The molecule has 7 heteroatoms. The van der Waals surface area contributed by atoms with Crippen LogP contribution in [0.25, 0.3) is 0 Å². The fraction of sp³-hybridized carbons (Fsp3) is 0.364. The normalized spacial score (nSPS) is 12.6. The maximum atomic E-state index is 12.0. The van der Waals surface area contributed by atoms with Crippen LogP contribution in [-0.2, 0) is 0 Å². The molecule has 100 valence electrons. The van der Waals surface area contributed by atoms with Crippen molar-refractivity contribution >= 4 is 27.5 Å². The van der Waals surface area contributed by atoms with Gasteiger partial charge >= 0.3 is 6.36 Å². The molecule has 0 bridgehead atoms. The van der Waals surface area contributed by atoms with Crippen molar-refractivity contribution in [3.05, 3.63) is 22.7 Å². The van der Waals surface area contributed by atoms with E-state index in [1.807, 2.05) is 6.92 Å². The van der Waals surface area contributed by atoms with Crippen molar-refractivity contribution in [2.75, 3.05) is 0 Å². The average molecular weight is 325 g/mol. The monoisotopic (exact) mass is 324 g/mol. The minimum absolute atomic E-state index is 0.172. The van der Waals surface area contributed by atoms with Gasteiger partial charge in [-0.25, -0.2) is 4.99 Å². The number of aliphatic imine (C=N–C) groups is 1. The van der Waals surface area contributed by atoms with Crippen LogP contribution in [0.4, 0.5) is 18.9 Å². The summed E-state index contributed by atoms with van der Waals surface area (Å²) in [5.74, 6) is 0.129. The highest BCUT2D eigenvalue weighted by Gasteiger charge is 2.31. The smallest absolute Gasteiger partial charge is 0.405 e. The summed E-state index contributed by atoms with van der Waals surface area (Å²) in [6, 6.07) is 4.02. The van der Waals surface area contributed by atoms with E-state index < -0.39 is 6.36 Å². The van der Waals surface area contributed by atoms with E-state index in [9.17, 15) is 13.2 Å². The van der Waals surface area contributed by atoms with Gasteiger partial charge in [-0.05, 0) is 40.5 Å². The number of alkyl halides is 3. The Morgan fingerprint density at radius 1 is 1.44 bits per heavy atom. The summed E-state index contributed by atoms with van der Waals surface area (Å²) in [5, 5.41) is 0. The highest BCUT2D eigenvalue weighted by molar-refractivity contribution is 9.10. The third-order valence-electron chi connectivity index (χ3n) is 1.92. The van der Waals surface area contributed by atoms with Crippen LogP contribution in [0, 0.1) is 0 Å². The first kappa shape index (κ1) is 14.8. The van der Waals surface area contributed by atoms with Gasteiger partial charge in [0.25, 0.3) is 0 Å². The van der Waals surface area contributed by atoms with Crippen LogP contribution in [0.1, 0.15) is 19.8 Å². The van der Waals surface area contributed by atoms with Gasteiger partial charge in [0, 0.05) is 6.42 Å². The van der Waals surface area contributed by atoms with Gasteiger partial charge in [-0.15, -0.1) is 13.2 Å². The lowest BCUT2D eigenvalue weighted by Crippen LogP contribution is -2.17. The van der Waals surface area contributed by atoms with Crippen molar-refractivity contribution < 1.29 is 17.9 Å². The molecular formula is C11H12BrF3N2O. The van der Waals surface area contributed by atoms with Crippen molar-refractivity contribution in [1.82, 2.24) is 0 Å². The van der Waals surface area contributed by atoms with Gasteiger partial charge in [0.15, 0.2) is 0 Å². The van der Waals surface area contributed by atoms with E-state index in [2.05, 4.69) is 25.7 Å². The number of rotatable bonds is 4. The Labute approximate surface area is 111 Å². The molecule has 0 amide bonds. The third kappa shape index (κ3) is 4.95. The van der Waals surface area contributed by atoms with Crippen LogP contribution in [-0.4, -0.2) is 12.2 Å². The summed E-state index contributed by atoms with van der Waals surface area (Å²) in [4.78, 5) is 4.07. The molecule has 0 spiro atoms. The number of halogens is 4. The van der Waals surface area contributed by atoms with Gasteiger partial charge in [0.1, 0.15) is 5.75 Å². The van der Waals surface area contributed by atoms with Crippen molar-refractivity contribution in [3.63, 3.8) is 0 Å². The lowest BCUT2D eigenvalue weighted by atomic mass is 10.3. The standard InChI is InChI=1S/C11H12BrF3N2O/c1-2-3-10(16)17-7-4-5-9(8(12)6-7)18-11(13,14)15/h4-6H,2-3H2,1H3,(H2,16,17). The number of hydrogen-bond acceptors (Lipinski definition) is 2. The first-order chi connectivity index (χ1) is 8.31. The molecule has 0 saturated carbocycles. The first-order valence-electron chi connectivity index (χ1n) is 5.20. The van der Waals surface area contributed by atoms with Crippen molar-refractivity contribution in [1.29, 1.82) is 0 Å². The van der Waals surface area contributed by atoms with E-state index in [4.69, 9.17) is 5.73 Å². The fourth-order valence-electron chi connectivity index (χ4n) is 1.24. The molecule has 0 aliphatic rings. The Bertz CT molecular complexity index is 446. The van der Waals surface area contributed by atoms with E-state index in [1.54, 1.807) is 0 Å². The van der Waals surface area contributed by atoms with Crippen LogP contribution < -0.4 is 10.5 Å². The topological polar surface area (TPSA) is 47.6 Å². The lowest BCUT2D eigenvalue weighted by Gasteiger charge is -2.10. The van der Waals surface area contributed by atoms with Crippen LogP contribution in [0.15, 0.2) is 27.7 Å². The zero-order valence-electron chi connectivity index (χ0n) is 9.59. The molecule has 0 saturated heterocycles. The summed E-state index contributed by atoms with van der Waals surface area (Å²) in [6.45, 7) is 1.96. The molecule has 0 aliphatic carbocycles. The molecule has 1 aromatic carbocycles. The largest absolute Gasteiger partial charge is 0.573 e. The molecular weight excluding hydrogens is 313 g/mol. The summed E-state index contributed by atoms with van der Waals surface area (Å²) < 4.78 is 40.1. The van der Waals surface area contributed by atoms with Crippen LogP contribution in [0.3, 0.4) is 0 Å². The molecule has 0 radical (unpaired) electrons. The zero-order valence-corrected chi connectivity index (χ0v) is 11.2. The van der Waals surface area contributed by atoms with Crippen LogP contribution in [0.5, 0.6) is 5.75 Å². The van der Waals surface area contributed by atoms with Gasteiger partial charge in [0.05, 0.1) is 16.0 Å². The molecule has 18 heavy (non-hydrogen) atoms. The predicted octanol–water partition coefficient (Wildman–Crippen LogP) is 4.14. The molecule has 0 aromatic heterocycles. The SMILES string of the molecule is CCCC(N)=Nc1ccc(OC(F)(F)F)c(Br)c1. The predicted molar refractivity (Wildman–Crippen MR) is 67.0 cm³/mol. The number of amidine groups is 1. The summed E-state index contributed by atoms with van der Waals surface area (Å²) in [6.07, 6.45) is -3.22. The van der Waals surface area contributed by atoms with Gasteiger partial charge in [-0.2, -0.15) is 0 Å².